The van der Waals surface area contributed by atoms with Gasteiger partial charge in [0.15, 0.2) is 5.16 Å². The molecule has 0 saturated heterocycles. The number of hydrogen-bond acceptors (Lipinski definition) is 6. The highest BCUT2D eigenvalue weighted by Crippen LogP contribution is 2.23. The molecule has 0 aliphatic carbocycles. The maximum atomic E-state index is 4.27. The van der Waals surface area contributed by atoms with E-state index >= 15 is 0 Å². The van der Waals surface area contributed by atoms with Crippen LogP contribution >= 0.6 is 11.8 Å². The van der Waals surface area contributed by atoms with Crippen LogP contribution in [0.3, 0.4) is 0 Å². The molecule has 2 rings (SSSR count). The molecule has 0 spiro atoms. The van der Waals surface area contributed by atoms with E-state index in [-0.39, 0.29) is 0 Å². The van der Waals surface area contributed by atoms with Gasteiger partial charge < -0.3 is 9.88 Å². The summed E-state index contributed by atoms with van der Waals surface area (Å²) in [5.41, 5.74) is 0. The zero-order valence-corrected chi connectivity index (χ0v) is 9.19. The molecule has 6 nitrogen and oxygen atoms in total. The highest BCUT2D eigenvalue weighted by atomic mass is 32.2. The molecule has 2 heterocycles. The van der Waals surface area contributed by atoms with Gasteiger partial charge in [-0.05, 0) is 17.8 Å². The number of aromatic nitrogens is 5. The highest BCUT2D eigenvalue weighted by Gasteiger charge is 2.05. The predicted octanol–water partition coefficient (Wildman–Crippen LogP) is 0.798. The number of nitrogens with zero attached hydrogens (tertiary/aromatic N) is 5. The van der Waals surface area contributed by atoms with Gasteiger partial charge in [0.25, 0.3) is 0 Å². The monoisotopic (exact) mass is 222 g/mol. The molecule has 0 aromatic carbocycles. The second-order valence-corrected chi connectivity index (χ2v) is 3.78. The molecule has 0 atom stereocenters. The molecular formula is C8H10N6S. The fourth-order valence-electron chi connectivity index (χ4n) is 0.978. The van der Waals surface area contributed by atoms with E-state index in [1.807, 2.05) is 17.7 Å². The average molecular weight is 222 g/mol. The first kappa shape index (κ1) is 9.91. The van der Waals surface area contributed by atoms with E-state index in [4.69, 9.17) is 0 Å². The topological polar surface area (TPSA) is 68.5 Å². The van der Waals surface area contributed by atoms with Crippen LogP contribution in [0.15, 0.2) is 28.8 Å². The Labute approximate surface area is 91.2 Å². The third-order valence-electron chi connectivity index (χ3n) is 1.72. The zero-order chi connectivity index (χ0) is 10.7. The standard InChI is InChI=1S/C8H10N6S/c1-9-7-10-4-3-6(12-7)15-8-13-11-5-14(8)2/h3-5H,1-2H3,(H,9,10,12). The summed E-state index contributed by atoms with van der Waals surface area (Å²) in [6, 6.07) is 1.83. The van der Waals surface area contributed by atoms with Gasteiger partial charge in [-0.2, -0.15) is 0 Å². The van der Waals surface area contributed by atoms with Crippen LogP contribution in [0.25, 0.3) is 0 Å². The molecule has 0 bridgehead atoms. The van der Waals surface area contributed by atoms with Crippen molar-refractivity contribution < 1.29 is 0 Å². The van der Waals surface area contributed by atoms with E-state index in [9.17, 15) is 0 Å². The van der Waals surface area contributed by atoms with Crippen LogP contribution in [0, 0.1) is 0 Å². The summed E-state index contributed by atoms with van der Waals surface area (Å²) >= 11 is 1.45. The lowest BCUT2D eigenvalue weighted by Crippen LogP contribution is -1.96. The Morgan fingerprint density at radius 1 is 1.47 bits per heavy atom. The van der Waals surface area contributed by atoms with Gasteiger partial charge in [0.05, 0.1) is 0 Å². The van der Waals surface area contributed by atoms with Crippen molar-refractivity contribution in [1.29, 1.82) is 0 Å². The predicted molar refractivity (Wildman–Crippen MR) is 56.7 cm³/mol. The summed E-state index contributed by atoms with van der Waals surface area (Å²) in [4.78, 5) is 8.30. The van der Waals surface area contributed by atoms with Crippen LogP contribution < -0.4 is 5.32 Å². The van der Waals surface area contributed by atoms with E-state index in [1.54, 1.807) is 19.6 Å². The van der Waals surface area contributed by atoms with Crippen molar-refractivity contribution in [2.24, 2.45) is 7.05 Å². The number of anilines is 1. The number of rotatable bonds is 3. The summed E-state index contributed by atoms with van der Waals surface area (Å²) in [5, 5.41) is 12.3. The van der Waals surface area contributed by atoms with Crippen LogP contribution in [0.4, 0.5) is 5.95 Å². The van der Waals surface area contributed by atoms with Gasteiger partial charge in [-0.25, -0.2) is 9.97 Å². The Morgan fingerprint density at radius 3 is 3.00 bits per heavy atom. The van der Waals surface area contributed by atoms with Gasteiger partial charge in [0.2, 0.25) is 5.95 Å². The Kier molecular flexibility index (Phi) is 2.82. The van der Waals surface area contributed by atoms with Gasteiger partial charge >= 0.3 is 0 Å². The molecule has 1 N–H and O–H groups in total. The maximum Gasteiger partial charge on any atom is 0.223 e. The Hall–Kier alpha value is -1.63. The van der Waals surface area contributed by atoms with Crippen LogP contribution in [-0.2, 0) is 7.05 Å². The average Bonchev–Trinajstić information content (AvgIpc) is 2.65. The third-order valence-corrected chi connectivity index (χ3v) is 2.71. The first-order valence-electron chi connectivity index (χ1n) is 4.32. The second kappa shape index (κ2) is 4.26. The molecule has 78 valence electrons. The molecule has 0 fully saturated rings. The molecule has 2 aromatic heterocycles. The molecule has 0 aliphatic rings. The van der Waals surface area contributed by atoms with Crippen molar-refractivity contribution in [3.8, 4) is 0 Å². The third kappa shape index (κ3) is 2.24. The zero-order valence-electron chi connectivity index (χ0n) is 8.38. The molecule has 0 radical (unpaired) electrons. The SMILES string of the molecule is CNc1nccc(Sc2nncn2C)n1. The number of hydrogen-bond donors (Lipinski definition) is 1. The normalized spacial score (nSPS) is 10.3. The first-order chi connectivity index (χ1) is 7.29. The van der Waals surface area contributed by atoms with Gasteiger partial charge in [-0.3, -0.25) is 0 Å². The fourth-order valence-corrected chi connectivity index (χ4v) is 1.71. The lowest BCUT2D eigenvalue weighted by molar-refractivity contribution is 0.787. The number of aryl methyl sites for hydroxylation is 1. The largest absolute Gasteiger partial charge is 0.357 e. The summed E-state index contributed by atoms with van der Waals surface area (Å²) in [6.07, 6.45) is 3.36. The second-order valence-electron chi connectivity index (χ2n) is 2.79. The van der Waals surface area contributed by atoms with Crippen LogP contribution in [0.5, 0.6) is 0 Å². The molecule has 2 aromatic rings. The Bertz CT molecular complexity index is 454. The van der Waals surface area contributed by atoms with Gasteiger partial charge in [-0.1, -0.05) is 0 Å². The number of nitrogens with one attached hydrogen (secondary N) is 1. The van der Waals surface area contributed by atoms with Crippen LogP contribution in [0.2, 0.25) is 0 Å². The Balaban J connectivity index is 2.21. The fraction of sp³-hybridized carbons (Fsp3) is 0.250. The van der Waals surface area contributed by atoms with Crippen molar-refractivity contribution in [3.05, 3.63) is 18.6 Å². The minimum Gasteiger partial charge on any atom is -0.357 e. The van der Waals surface area contributed by atoms with Crippen molar-refractivity contribution in [3.63, 3.8) is 0 Å². The first-order valence-corrected chi connectivity index (χ1v) is 5.14. The summed E-state index contributed by atoms with van der Waals surface area (Å²) < 4.78 is 1.84. The van der Waals surface area contributed by atoms with Crippen molar-refractivity contribution >= 4 is 17.7 Å². The summed E-state index contributed by atoms with van der Waals surface area (Å²) in [5.74, 6) is 0.599. The van der Waals surface area contributed by atoms with Gasteiger partial charge in [0, 0.05) is 20.3 Å². The van der Waals surface area contributed by atoms with E-state index in [0.717, 1.165) is 10.2 Å². The quantitative estimate of drug-likeness (QED) is 0.775. The molecule has 0 aliphatic heterocycles. The Morgan fingerprint density at radius 2 is 2.33 bits per heavy atom. The van der Waals surface area contributed by atoms with Gasteiger partial charge in [-0.15, -0.1) is 10.2 Å². The van der Waals surface area contributed by atoms with E-state index in [2.05, 4.69) is 25.5 Å². The van der Waals surface area contributed by atoms with Gasteiger partial charge in [0.1, 0.15) is 11.4 Å². The summed E-state index contributed by atoms with van der Waals surface area (Å²) in [7, 11) is 3.68. The molecule has 0 saturated carbocycles. The minimum absolute atomic E-state index is 0.599. The molecule has 0 amide bonds. The van der Waals surface area contributed by atoms with Crippen molar-refractivity contribution in [2.45, 2.75) is 10.2 Å². The van der Waals surface area contributed by atoms with E-state index in [1.165, 1.54) is 11.8 Å². The van der Waals surface area contributed by atoms with E-state index < -0.39 is 0 Å². The smallest absolute Gasteiger partial charge is 0.223 e. The molecule has 15 heavy (non-hydrogen) atoms. The summed E-state index contributed by atoms with van der Waals surface area (Å²) in [6.45, 7) is 0. The van der Waals surface area contributed by atoms with Crippen LogP contribution in [-0.4, -0.2) is 31.8 Å². The lowest BCUT2D eigenvalue weighted by atomic mass is 10.7. The van der Waals surface area contributed by atoms with Crippen LogP contribution in [0.1, 0.15) is 0 Å². The van der Waals surface area contributed by atoms with Crippen molar-refractivity contribution in [1.82, 2.24) is 24.7 Å². The maximum absolute atomic E-state index is 4.27. The van der Waals surface area contributed by atoms with E-state index in [0.29, 0.717) is 5.95 Å². The molecule has 7 heteroatoms. The van der Waals surface area contributed by atoms with Crippen molar-refractivity contribution in [2.75, 3.05) is 12.4 Å². The highest BCUT2D eigenvalue weighted by molar-refractivity contribution is 7.99. The minimum atomic E-state index is 0.599. The molecule has 0 unspecified atom stereocenters. The molecular weight excluding hydrogens is 212 g/mol. The lowest BCUT2D eigenvalue weighted by Gasteiger charge is -2.01.